The normalized spacial score (nSPS) is 18.5. The summed E-state index contributed by atoms with van der Waals surface area (Å²) in [5, 5.41) is 2.88. The number of anilines is 3. The summed E-state index contributed by atoms with van der Waals surface area (Å²) in [7, 11) is -1.75. The van der Waals surface area contributed by atoms with Gasteiger partial charge < -0.3 is 19.9 Å². The predicted octanol–water partition coefficient (Wildman–Crippen LogP) is 3.03. The van der Waals surface area contributed by atoms with Crippen LogP contribution in [0.5, 0.6) is 5.75 Å². The van der Waals surface area contributed by atoms with Crippen LogP contribution in [-0.2, 0) is 14.8 Å². The molecule has 35 heavy (non-hydrogen) atoms. The standard InChI is InChI=1S/C26H28N4O4S/c1-28-15-17-29(18-16-28)21-13-11-20(12-14-21)27-26(31)25-19-30(23-9-5-6-10-24(23)34-25)35(32,33)22-7-3-2-4-8-22/h2-14,25H,15-19H2,1H3,(H,27,31). The van der Waals surface area contributed by atoms with Crippen molar-refractivity contribution in [1.29, 1.82) is 0 Å². The maximum absolute atomic E-state index is 13.4. The fourth-order valence-electron chi connectivity index (χ4n) is 4.33. The number of para-hydroxylation sites is 2. The average Bonchev–Trinajstić information content (AvgIpc) is 2.89. The molecule has 1 atom stereocenters. The maximum atomic E-state index is 13.4. The number of ether oxygens (including phenoxy) is 1. The molecular weight excluding hydrogens is 464 g/mol. The first-order valence-corrected chi connectivity index (χ1v) is 13.0. The number of carbonyl (C=O) groups is 1. The number of nitrogens with zero attached hydrogens (tertiary/aromatic N) is 3. The van der Waals surface area contributed by atoms with E-state index in [1.807, 2.05) is 24.3 Å². The largest absolute Gasteiger partial charge is 0.476 e. The van der Waals surface area contributed by atoms with Crippen LogP contribution in [0.25, 0.3) is 0 Å². The predicted molar refractivity (Wildman–Crippen MR) is 137 cm³/mol. The summed E-state index contributed by atoms with van der Waals surface area (Å²) in [6.45, 7) is 3.83. The molecule has 0 saturated carbocycles. The van der Waals surface area contributed by atoms with Gasteiger partial charge in [0, 0.05) is 37.6 Å². The molecule has 2 aliphatic heterocycles. The van der Waals surface area contributed by atoms with Gasteiger partial charge >= 0.3 is 0 Å². The zero-order valence-corrected chi connectivity index (χ0v) is 20.3. The van der Waals surface area contributed by atoms with Crippen LogP contribution in [0.15, 0.2) is 83.8 Å². The monoisotopic (exact) mass is 492 g/mol. The van der Waals surface area contributed by atoms with E-state index in [9.17, 15) is 13.2 Å². The molecule has 5 rings (SSSR count). The summed E-state index contributed by atoms with van der Waals surface area (Å²) in [6.07, 6.45) is -0.999. The van der Waals surface area contributed by atoms with E-state index in [1.54, 1.807) is 54.6 Å². The molecule has 3 aromatic carbocycles. The number of carbonyl (C=O) groups excluding carboxylic acids is 1. The minimum atomic E-state index is -3.87. The van der Waals surface area contributed by atoms with Crippen molar-refractivity contribution in [3.05, 3.63) is 78.9 Å². The molecule has 3 aromatic rings. The number of nitrogens with one attached hydrogen (secondary N) is 1. The molecule has 8 nitrogen and oxygen atoms in total. The van der Waals surface area contributed by atoms with Crippen LogP contribution in [-0.4, -0.2) is 65.1 Å². The topological polar surface area (TPSA) is 82.2 Å². The third-order valence-electron chi connectivity index (χ3n) is 6.36. The number of amides is 1. The van der Waals surface area contributed by atoms with E-state index in [1.165, 1.54) is 4.31 Å². The first-order chi connectivity index (χ1) is 16.9. The van der Waals surface area contributed by atoms with E-state index < -0.39 is 22.0 Å². The summed E-state index contributed by atoms with van der Waals surface area (Å²) < 4.78 is 34.0. The SMILES string of the molecule is CN1CCN(c2ccc(NC(=O)C3CN(S(=O)(=O)c4ccccc4)c4ccccc4O3)cc2)CC1. The lowest BCUT2D eigenvalue weighted by atomic mass is 10.2. The number of fused-ring (bicyclic) bond motifs is 1. The van der Waals surface area contributed by atoms with E-state index in [2.05, 4.69) is 22.2 Å². The molecule has 1 unspecified atom stereocenters. The Kier molecular flexibility index (Phi) is 6.36. The smallest absolute Gasteiger partial charge is 0.267 e. The zero-order valence-electron chi connectivity index (χ0n) is 19.5. The third-order valence-corrected chi connectivity index (χ3v) is 8.16. The first kappa shape index (κ1) is 23.2. The second kappa shape index (κ2) is 9.59. The molecule has 2 aliphatic rings. The second-order valence-corrected chi connectivity index (χ2v) is 10.6. The van der Waals surface area contributed by atoms with Gasteiger partial charge in [-0.25, -0.2) is 8.42 Å². The Morgan fingerprint density at radius 1 is 0.886 bits per heavy atom. The van der Waals surface area contributed by atoms with Crippen molar-refractivity contribution in [3.63, 3.8) is 0 Å². The Bertz CT molecular complexity index is 1290. The number of hydrogen-bond acceptors (Lipinski definition) is 6. The number of benzene rings is 3. The Labute approximate surface area is 205 Å². The third kappa shape index (κ3) is 4.82. The number of sulfonamides is 1. The van der Waals surface area contributed by atoms with Crippen molar-refractivity contribution in [2.24, 2.45) is 0 Å². The number of hydrogen-bond donors (Lipinski definition) is 1. The van der Waals surface area contributed by atoms with E-state index in [-0.39, 0.29) is 11.4 Å². The zero-order chi connectivity index (χ0) is 24.4. The van der Waals surface area contributed by atoms with E-state index in [4.69, 9.17) is 4.74 Å². The van der Waals surface area contributed by atoms with Crippen LogP contribution in [0.4, 0.5) is 17.1 Å². The number of rotatable bonds is 5. The highest BCUT2D eigenvalue weighted by Gasteiger charge is 2.37. The first-order valence-electron chi connectivity index (χ1n) is 11.6. The summed E-state index contributed by atoms with van der Waals surface area (Å²) >= 11 is 0. The van der Waals surface area contributed by atoms with Crippen LogP contribution in [0.2, 0.25) is 0 Å². The number of piperazine rings is 1. The minimum Gasteiger partial charge on any atom is -0.476 e. The van der Waals surface area contributed by atoms with Gasteiger partial charge in [0.2, 0.25) is 0 Å². The molecule has 0 aliphatic carbocycles. The molecular formula is C26H28N4O4S. The van der Waals surface area contributed by atoms with Crippen LogP contribution < -0.4 is 19.3 Å². The molecule has 9 heteroatoms. The van der Waals surface area contributed by atoms with Crippen molar-refractivity contribution < 1.29 is 17.9 Å². The fraction of sp³-hybridized carbons (Fsp3) is 0.269. The molecule has 2 heterocycles. The highest BCUT2D eigenvalue weighted by molar-refractivity contribution is 7.92. The molecule has 1 N–H and O–H groups in total. The van der Waals surface area contributed by atoms with Crippen molar-refractivity contribution in [2.75, 3.05) is 54.3 Å². The molecule has 182 valence electrons. The molecule has 1 amide bonds. The lowest BCUT2D eigenvalue weighted by Crippen LogP contribution is -2.48. The molecule has 1 fully saturated rings. The highest BCUT2D eigenvalue weighted by atomic mass is 32.2. The fourth-order valence-corrected chi connectivity index (χ4v) is 5.83. The lowest BCUT2D eigenvalue weighted by Gasteiger charge is -2.35. The van der Waals surface area contributed by atoms with E-state index >= 15 is 0 Å². The summed E-state index contributed by atoms with van der Waals surface area (Å²) in [4.78, 5) is 17.9. The van der Waals surface area contributed by atoms with Gasteiger partial charge in [0.1, 0.15) is 5.75 Å². The molecule has 0 spiro atoms. The highest BCUT2D eigenvalue weighted by Crippen LogP contribution is 2.37. The molecule has 0 radical (unpaired) electrons. The van der Waals surface area contributed by atoms with Gasteiger partial charge in [-0.15, -0.1) is 0 Å². The van der Waals surface area contributed by atoms with Crippen LogP contribution >= 0.6 is 0 Å². The summed E-state index contributed by atoms with van der Waals surface area (Å²) in [6, 6.07) is 22.8. The van der Waals surface area contributed by atoms with Crippen molar-refractivity contribution in [1.82, 2.24) is 4.90 Å². The van der Waals surface area contributed by atoms with Gasteiger partial charge in [-0.05, 0) is 55.6 Å². The van der Waals surface area contributed by atoms with Crippen molar-refractivity contribution >= 4 is 33.0 Å². The molecule has 0 bridgehead atoms. The van der Waals surface area contributed by atoms with Crippen LogP contribution in [0.3, 0.4) is 0 Å². The van der Waals surface area contributed by atoms with Crippen molar-refractivity contribution in [2.45, 2.75) is 11.0 Å². The van der Waals surface area contributed by atoms with E-state index in [0.29, 0.717) is 17.1 Å². The second-order valence-electron chi connectivity index (χ2n) is 8.75. The minimum absolute atomic E-state index is 0.126. The van der Waals surface area contributed by atoms with Gasteiger partial charge in [-0.3, -0.25) is 9.10 Å². The van der Waals surface area contributed by atoms with E-state index in [0.717, 1.165) is 31.9 Å². The summed E-state index contributed by atoms with van der Waals surface area (Å²) in [5.41, 5.74) is 2.16. The van der Waals surface area contributed by atoms with Crippen molar-refractivity contribution in [3.8, 4) is 5.75 Å². The molecule has 1 saturated heterocycles. The lowest BCUT2D eigenvalue weighted by molar-refractivity contribution is -0.122. The van der Waals surface area contributed by atoms with Gasteiger partial charge in [0.25, 0.3) is 15.9 Å². The van der Waals surface area contributed by atoms with Crippen LogP contribution in [0, 0.1) is 0 Å². The Morgan fingerprint density at radius 3 is 2.26 bits per heavy atom. The number of likely N-dealkylation sites (N-methyl/N-ethyl adjacent to an activating group) is 1. The van der Waals surface area contributed by atoms with Gasteiger partial charge in [0.15, 0.2) is 6.10 Å². The van der Waals surface area contributed by atoms with Gasteiger partial charge in [-0.2, -0.15) is 0 Å². The Hall–Kier alpha value is -3.56. The summed E-state index contributed by atoms with van der Waals surface area (Å²) in [5.74, 6) is -0.0519. The van der Waals surface area contributed by atoms with Crippen LogP contribution in [0.1, 0.15) is 0 Å². The average molecular weight is 493 g/mol. The Morgan fingerprint density at radius 2 is 1.54 bits per heavy atom. The molecule has 0 aromatic heterocycles. The quantitative estimate of drug-likeness (QED) is 0.590. The van der Waals surface area contributed by atoms with Gasteiger partial charge in [0.05, 0.1) is 17.1 Å². The maximum Gasteiger partial charge on any atom is 0.267 e. The Balaban J connectivity index is 1.33. The van der Waals surface area contributed by atoms with Gasteiger partial charge in [-0.1, -0.05) is 30.3 Å².